The molecule has 4 rings (SSSR count). The zero-order valence-electron chi connectivity index (χ0n) is 16.2. The van der Waals surface area contributed by atoms with Crippen LogP contribution in [0.2, 0.25) is 0 Å². The van der Waals surface area contributed by atoms with E-state index in [1.807, 2.05) is 0 Å². The van der Waals surface area contributed by atoms with Crippen molar-refractivity contribution in [3.63, 3.8) is 0 Å². The van der Waals surface area contributed by atoms with Gasteiger partial charge in [-0.2, -0.15) is 18.3 Å². The van der Waals surface area contributed by atoms with Gasteiger partial charge in [0.25, 0.3) is 5.91 Å². The third-order valence-corrected chi connectivity index (χ3v) is 5.70. The Morgan fingerprint density at radius 2 is 1.84 bits per heavy atom. The molecule has 0 spiro atoms. The summed E-state index contributed by atoms with van der Waals surface area (Å²) in [4.78, 5) is 17.0. The van der Waals surface area contributed by atoms with Crippen LogP contribution in [0.1, 0.15) is 32.1 Å². The highest BCUT2D eigenvalue weighted by molar-refractivity contribution is 7.12. The number of benzene rings is 2. The van der Waals surface area contributed by atoms with Gasteiger partial charge in [-0.15, -0.1) is 11.3 Å². The SMILES string of the molecule is Cc1ncsc1C(=O)Nc1nn(Cc2ccc(CF)cc2)c2ccc(C(F)(F)F)cc12. The van der Waals surface area contributed by atoms with Gasteiger partial charge in [-0.05, 0) is 36.2 Å². The first-order valence-electron chi connectivity index (χ1n) is 9.19. The van der Waals surface area contributed by atoms with Crippen molar-refractivity contribution in [1.82, 2.24) is 14.8 Å². The van der Waals surface area contributed by atoms with Crippen molar-refractivity contribution in [2.75, 3.05) is 5.32 Å². The standard InChI is InChI=1S/C21H16F4N4OS/c1-12-18(31-11-26-12)20(30)27-19-16-8-15(21(23,24)25)6-7-17(16)29(28-19)10-14-4-2-13(9-22)3-5-14/h2-8,11H,9-10H2,1H3,(H,27,28,30). The predicted octanol–water partition coefficient (Wildman–Crippen LogP) is 5.59. The van der Waals surface area contributed by atoms with Crippen molar-refractivity contribution >= 4 is 34.0 Å². The fourth-order valence-corrected chi connectivity index (χ4v) is 3.86. The average Bonchev–Trinajstić information content (AvgIpc) is 3.31. The van der Waals surface area contributed by atoms with Crippen LogP contribution >= 0.6 is 11.3 Å². The van der Waals surface area contributed by atoms with Gasteiger partial charge in [-0.3, -0.25) is 9.48 Å². The molecule has 1 N–H and O–H groups in total. The number of halogens is 4. The van der Waals surface area contributed by atoms with Gasteiger partial charge in [0.05, 0.1) is 28.8 Å². The summed E-state index contributed by atoms with van der Waals surface area (Å²) in [5, 5.41) is 7.14. The van der Waals surface area contributed by atoms with Crippen LogP contribution in [0.25, 0.3) is 10.9 Å². The van der Waals surface area contributed by atoms with Crippen molar-refractivity contribution < 1.29 is 22.4 Å². The van der Waals surface area contributed by atoms with Gasteiger partial charge in [-0.1, -0.05) is 24.3 Å². The van der Waals surface area contributed by atoms with Crippen molar-refractivity contribution in [3.05, 3.63) is 75.2 Å². The van der Waals surface area contributed by atoms with E-state index in [2.05, 4.69) is 15.4 Å². The lowest BCUT2D eigenvalue weighted by molar-refractivity contribution is -0.137. The molecule has 0 fully saturated rings. The van der Waals surface area contributed by atoms with Gasteiger partial charge in [0.1, 0.15) is 11.6 Å². The molecule has 1 amide bonds. The Labute approximate surface area is 178 Å². The van der Waals surface area contributed by atoms with Crippen LogP contribution in [0.5, 0.6) is 0 Å². The number of anilines is 1. The van der Waals surface area contributed by atoms with Crippen molar-refractivity contribution in [3.8, 4) is 0 Å². The number of nitrogens with zero attached hydrogens (tertiary/aromatic N) is 3. The molecule has 160 valence electrons. The molecule has 0 radical (unpaired) electrons. The van der Waals surface area contributed by atoms with Crippen LogP contribution in [0.15, 0.2) is 48.0 Å². The number of alkyl halides is 4. The molecule has 0 saturated heterocycles. The van der Waals surface area contributed by atoms with Crippen LogP contribution < -0.4 is 5.32 Å². The Bertz CT molecular complexity index is 1240. The summed E-state index contributed by atoms with van der Waals surface area (Å²) < 4.78 is 54.0. The molecular formula is C21H16F4N4OS. The second-order valence-electron chi connectivity index (χ2n) is 6.91. The van der Waals surface area contributed by atoms with Crippen LogP contribution in [0.4, 0.5) is 23.4 Å². The van der Waals surface area contributed by atoms with Gasteiger partial charge in [0.2, 0.25) is 0 Å². The van der Waals surface area contributed by atoms with E-state index in [1.165, 1.54) is 16.3 Å². The first-order chi connectivity index (χ1) is 14.8. The lowest BCUT2D eigenvalue weighted by Gasteiger charge is -2.08. The number of aromatic nitrogens is 3. The summed E-state index contributed by atoms with van der Waals surface area (Å²) in [6, 6.07) is 10.0. The maximum absolute atomic E-state index is 13.3. The molecule has 0 aliphatic carbocycles. The molecule has 2 aromatic heterocycles. The minimum Gasteiger partial charge on any atom is -0.304 e. The van der Waals surface area contributed by atoms with E-state index in [1.54, 1.807) is 31.2 Å². The highest BCUT2D eigenvalue weighted by Gasteiger charge is 2.31. The summed E-state index contributed by atoms with van der Waals surface area (Å²) in [7, 11) is 0. The number of aryl methyl sites for hydroxylation is 1. The van der Waals surface area contributed by atoms with Crippen LogP contribution in [-0.2, 0) is 19.4 Å². The highest BCUT2D eigenvalue weighted by atomic mass is 32.1. The van der Waals surface area contributed by atoms with E-state index in [4.69, 9.17) is 0 Å². The Balaban J connectivity index is 1.75. The zero-order valence-corrected chi connectivity index (χ0v) is 17.0. The van der Waals surface area contributed by atoms with Crippen LogP contribution in [0, 0.1) is 6.92 Å². The van der Waals surface area contributed by atoms with Crippen molar-refractivity contribution in [2.24, 2.45) is 0 Å². The quantitative estimate of drug-likeness (QED) is 0.405. The van der Waals surface area contributed by atoms with Gasteiger partial charge in [-0.25, -0.2) is 9.37 Å². The summed E-state index contributed by atoms with van der Waals surface area (Å²) in [5.41, 5.74) is 2.95. The molecule has 5 nitrogen and oxygen atoms in total. The topological polar surface area (TPSA) is 59.8 Å². The second-order valence-corrected chi connectivity index (χ2v) is 7.76. The number of carbonyl (C=O) groups is 1. The van der Waals surface area contributed by atoms with E-state index in [-0.39, 0.29) is 17.7 Å². The third-order valence-electron chi connectivity index (χ3n) is 4.77. The number of hydrogen-bond acceptors (Lipinski definition) is 4. The first kappa shape index (κ1) is 21.0. The maximum atomic E-state index is 13.3. The Hall–Kier alpha value is -3.27. The highest BCUT2D eigenvalue weighted by Crippen LogP contribution is 2.34. The molecule has 31 heavy (non-hydrogen) atoms. The van der Waals surface area contributed by atoms with Crippen LogP contribution in [0.3, 0.4) is 0 Å². The normalized spacial score (nSPS) is 11.8. The van der Waals surface area contributed by atoms with E-state index in [0.29, 0.717) is 21.7 Å². The number of rotatable bonds is 5. The average molecular weight is 448 g/mol. The molecule has 2 aromatic carbocycles. The molecule has 0 saturated carbocycles. The summed E-state index contributed by atoms with van der Waals surface area (Å²) in [6.07, 6.45) is -4.53. The molecule has 4 aromatic rings. The number of nitrogens with one attached hydrogen (secondary N) is 1. The smallest absolute Gasteiger partial charge is 0.304 e. The number of amides is 1. The molecule has 0 bridgehead atoms. The zero-order chi connectivity index (χ0) is 22.2. The third kappa shape index (κ3) is 4.29. The number of fused-ring (bicyclic) bond motifs is 1. The van der Waals surface area contributed by atoms with Gasteiger partial charge >= 0.3 is 6.18 Å². The minimum absolute atomic E-state index is 0.0271. The van der Waals surface area contributed by atoms with Gasteiger partial charge in [0, 0.05) is 5.39 Å². The number of thiazole rings is 1. The Morgan fingerprint density at radius 1 is 1.13 bits per heavy atom. The fraction of sp³-hybridized carbons (Fsp3) is 0.190. The monoisotopic (exact) mass is 448 g/mol. The Morgan fingerprint density at radius 3 is 2.45 bits per heavy atom. The predicted molar refractivity (Wildman–Crippen MR) is 110 cm³/mol. The van der Waals surface area contributed by atoms with E-state index >= 15 is 0 Å². The summed E-state index contributed by atoms with van der Waals surface area (Å²) in [5.74, 6) is -0.462. The molecule has 2 heterocycles. The maximum Gasteiger partial charge on any atom is 0.416 e. The molecule has 0 aliphatic rings. The lowest BCUT2D eigenvalue weighted by atomic mass is 10.1. The van der Waals surface area contributed by atoms with Crippen molar-refractivity contribution in [1.29, 1.82) is 0 Å². The molecule has 0 unspecified atom stereocenters. The molecular weight excluding hydrogens is 432 g/mol. The second kappa shape index (κ2) is 8.10. The van der Waals surface area contributed by atoms with E-state index in [9.17, 15) is 22.4 Å². The van der Waals surface area contributed by atoms with Crippen molar-refractivity contribution in [2.45, 2.75) is 26.3 Å². The van der Waals surface area contributed by atoms with E-state index < -0.39 is 24.3 Å². The molecule has 10 heteroatoms. The van der Waals surface area contributed by atoms with Crippen LogP contribution in [-0.4, -0.2) is 20.7 Å². The molecule has 0 aliphatic heterocycles. The number of hydrogen-bond donors (Lipinski definition) is 1. The van der Waals surface area contributed by atoms with Gasteiger partial charge in [0.15, 0.2) is 5.82 Å². The summed E-state index contributed by atoms with van der Waals surface area (Å²) in [6.45, 7) is 1.33. The first-order valence-corrected chi connectivity index (χ1v) is 10.1. The Kier molecular flexibility index (Phi) is 5.48. The van der Waals surface area contributed by atoms with E-state index in [0.717, 1.165) is 29.0 Å². The molecule has 0 atom stereocenters. The summed E-state index contributed by atoms with van der Waals surface area (Å²) >= 11 is 1.13. The fourth-order valence-electron chi connectivity index (χ4n) is 3.16. The largest absolute Gasteiger partial charge is 0.416 e. The van der Waals surface area contributed by atoms with Gasteiger partial charge < -0.3 is 5.32 Å². The minimum atomic E-state index is -4.53. The lowest BCUT2D eigenvalue weighted by Crippen LogP contribution is -2.13. The number of carbonyl (C=O) groups excluding carboxylic acids is 1.